The van der Waals surface area contributed by atoms with Gasteiger partial charge in [-0.2, -0.15) is 0 Å². The lowest BCUT2D eigenvalue weighted by Crippen LogP contribution is -2.42. The number of carbonyl (C=O) groups excluding carboxylic acids is 1. The molecule has 5 heteroatoms. The molecule has 0 heterocycles. The standard InChI is InChI=1S/C16H24BrNO3/c1-4-16(20,5-2)11-18-15(19)9-7-12-6-8-14(21-3)13(17)10-12/h6,8,10,20H,4-5,7,9,11H2,1-3H3,(H,18,19). The van der Waals surface area contributed by atoms with Crippen molar-refractivity contribution in [1.82, 2.24) is 5.32 Å². The molecule has 0 aliphatic heterocycles. The van der Waals surface area contributed by atoms with Crippen molar-refractivity contribution in [3.63, 3.8) is 0 Å². The van der Waals surface area contributed by atoms with Crippen molar-refractivity contribution in [2.45, 2.75) is 45.1 Å². The van der Waals surface area contributed by atoms with Crippen LogP contribution < -0.4 is 10.1 Å². The summed E-state index contributed by atoms with van der Waals surface area (Å²) in [7, 11) is 1.62. The largest absolute Gasteiger partial charge is 0.496 e. The van der Waals surface area contributed by atoms with E-state index in [0.29, 0.717) is 32.2 Å². The lowest BCUT2D eigenvalue weighted by molar-refractivity contribution is -0.122. The quantitative estimate of drug-likeness (QED) is 0.751. The van der Waals surface area contributed by atoms with E-state index in [2.05, 4.69) is 21.2 Å². The van der Waals surface area contributed by atoms with Crippen LogP contribution in [0.4, 0.5) is 0 Å². The average molecular weight is 358 g/mol. The van der Waals surface area contributed by atoms with Gasteiger partial charge in [0.25, 0.3) is 0 Å². The van der Waals surface area contributed by atoms with Crippen LogP contribution in [0.25, 0.3) is 0 Å². The van der Waals surface area contributed by atoms with Gasteiger partial charge in [0.15, 0.2) is 0 Å². The number of aliphatic hydroxyl groups is 1. The van der Waals surface area contributed by atoms with E-state index in [1.807, 2.05) is 32.0 Å². The first-order chi connectivity index (χ1) is 9.94. The molecule has 4 nitrogen and oxygen atoms in total. The van der Waals surface area contributed by atoms with Crippen molar-refractivity contribution in [1.29, 1.82) is 0 Å². The molecule has 0 saturated heterocycles. The van der Waals surface area contributed by atoms with E-state index in [9.17, 15) is 9.90 Å². The summed E-state index contributed by atoms with van der Waals surface area (Å²) in [5, 5.41) is 12.9. The highest BCUT2D eigenvalue weighted by atomic mass is 79.9. The van der Waals surface area contributed by atoms with Crippen LogP contribution >= 0.6 is 15.9 Å². The van der Waals surface area contributed by atoms with Crippen molar-refractivity contribution in [3.8, 4) is 5.75 Å². The maximum Gasteiger partial charge on any atom is 0.220 e. The second-order valence-electron chi connectivity index (χ2n) is 5.18. The van der Waals surface area contributed by atoms with Crippen LogP contribution in [0.5, 0.6) is 5.75 Å². The average Bonchev–Trinajstić information content (AvgIpc) is 2.50. The van der Waals surface area contributed by atoms with Crippen molar-refractivity contribution < 1.29 is 14.6 Å². The molecular formula is C16H24BrNO3. The maximum atomic E-state index is 11.8. The highest BCUT2D eigenvalue weighted by Gasteiger charge is 2.22. The molecule has 1 rings (SSSR count). The van der Waals surface area contributed by atoms with E-state index >= 15 is 0 Å². The van der Waals surface area contributed by atoms with E-state index in [4.69, 9.17) is 4.74 Å². The fourth-order valence-electron chi connectivity index (χ4n) is 1.97. The molecule has 2 N–H and O–H groups in total. The van der Waals surface area contributed by atoms with E-state index < -0.39 is 5.60 Å². The molecule has 1 aromatic carbocycles. The van der Waals surface area contributed by atoms with Gasteiger partial charge in [-0.05, 0) is 52.9 Å². The first-order valence-electron chi connectivity index (χ1n) is 7.25. The smallest absolute Gasteiger partial charge is 0.220 e. The van der Waals surface area contributed by atoms with Crippen LogP contribution in [0.1, 0.15) is 38.7 Å². The van der Waals surface area contributed by atoms with Gasteiger partial charge in [-0.3, -0.25) is 4.79 Å². The van der Waals surface area contributed by atoms with Crippen LogP contribution in [0.2, 0.25) is 0 Å². The van der Waals surface area contributed by atoms with Gasteiger partial charge >= 0.3 is 0 Å². The van der Waals surface area contributed by atoms with Crippen LogP contribution in [-0.4, -0.2) is 30.3 Å². The summed E-state index contributed by atoms with van der Waals surface area (Å²) in [6.07, 6.45) is 2.33. The molecule has 0 spiro atoms. The molecule has 0 atom stereocenters. The minimum absolute atomic E-state index is 0.0396. The van der Waals surface area contributed by atoms with E-state index in [1.165, 1.54) is 0 Å². The fraction of sp³-hybridized carbons (Fsp3) is 0.562. The SMILES string of the molecule is CCC(O)(CC)CNC(=O)CCc1ccc(OC)c(Br)c1. The molecule has 0 aliphatic rings. The monoisotopic (exact) mass is 357 g/mol. The number of amides is 1. The molecule has 0 unspecified atom stereocenters. The second kappa shape index (κ2) is 8.39. The Morgan fingerprint density at radius 2 is 2.05 bits per heavy atom. The summed E-state index contributed by atoms with van der Waals surface area (Å²) < 4.78 is 6.06. The summed E-state index contributed by atoms with van der Waals surface area (Å²) in [5.74, 6) is 0.737. The minimum Gasteiger partial charge on any atom is -0.496 e. The Morgan fingerprint density at radius 1 is 1.38 bits per heavy atom. The summed E-state index contributed by atoms with van der Waals surface area (Å²) in [6.45, 7) is 4.15. The molecule has 0 saturated carbocycles. The molecule has 1 aromatic rings. The fourth-order valence-corrected chi connectivity index (χ4v) is 2.56. The third-order valence-corrected chi connectivity index (χ3v) is 4.41. The van der Waals surface area contributed by atoms with Gasteiger partial charge in [0.2, 0.25) is 5.91 Å². The maximum absolute atomic E-state index is 11.8. The Hall–Kier alpha value is -1.07. The number of nitrogens with one attached hydrogen (secondary N) is 1. The lowest BCUT2D eigenvalue weighted by Gasteiger charge is -2.25. The van der Waals surface area contributed by atoms with Crippen molar-refractivity contribution >= 4 is 21.8 Å². The Balaban J connectivity index is 2.45. The first-order valence-corrected chi connectivity index (χ1v) is 8.05. The Bertz CT molecular complexity index is 473. The minimum atomic E-state index is -0.793. The van der Waals surface area contributed by atoms with Crippen LogP contribution in [-0.2, 0) is 11.2 Å². The lowest BCUT2D eigenvalue weighted by atomic mass is 9.97. The van der Waals surface area contributed by atoms with E-state index in [-0.39, 0.29) is 5.91 Å². The van der Waals surface area contributed by atoms with E-state index in [0.717, 1.165) is 15.8 Å². The van der Waals surface area contributed by atoms with Gasteiger partial charge in [0.1, 0.15) is 5.75 Å². The Kier molecular flexibility index (Phi) is 7.18. The van der Waals surface area contributed by atoms with Crippen molar-refractivity contribution in [3.05, 3.63) is 28.2 Å². The number of halogens is 1. The van der Waals surface area contributed by atoms with Crippen LogP contribution in [0.3, 0.4) is 0 Å². The number of carbonyl (C=O) groups is 1. The predicted octanol–water partition coefficient (Wildman–Crippen LogP) is 3.06. The van der Waals surface area contributed by atoms with Crippen LogP contribution in [0, 0.1) is 0 Å². The Labute approximate surface area is 135 Å². The molecule has 0 aromatic heterocycles. The van der Waals surface area contributed by atoms with Gasteiger partial charge in [-0.1, -0.05) is 19.9 Å². The summed E-state index contributed by atoms with van der Waals surface area (Å²) >= 11 is 3.43. The molecule has 0 fully saturated rings. The van der Waals surface area contributed by atoms with Gasteiger partial charge in [0, 0.05) is 13.0 Å². The zero-order chi connectivity index (χ0) is 15.9. The van der Waals surface area contributed by atoms with E-state index in [1.54, 1.807) is 7.11 Å². The third kappa shape index (κ3) is 5.67. The number of ether oxygens (including phenoxy) is 1. The third-order valence-electron chi connectivity index (χ3n) is 3.79. The number of aryl methyl sites for hydroxylation is 1. The van der Waals surface area contributed by atoms with Crippen molar-refractivity contribution in [2.24, 2.45) is 0 Å². The van der Waals surface area contributed by atoms with Crippen LogP contribution in [0.15, 0.2) is 22.7 Å². The molecular weight excluding hydrogens is 334 g/mol. The number of benzene rings is 1. The Morgan fingerprint density at radius 3 is 2.57 bits per heavy atom. The zero-order valence-electron chi connectivity index (χ0n) is 12.9. The summed E-state index contributed by atoms with van der Waals surface area (Å²) in [5.41, 5.74) is 0.276. The summed E-state index contributed by atoms with van der Waals surface area (Å²) in [6, 6.07) is 5.79. The van der Waals surface area contributed by atoms with Gasteiger partial charge < -0.3 is 15.2 Å². The second-order valence-corrected chi connectivity index (χ2v) is 6.03. The summed E-state index contributed by atoms with van der Waals surface area (Å²) in [4.78, 5) is 11.8. The van der Waals surface area contributed by atoms with Gasteiger partial charge in [0.05, 0.1) is 17.2 Å². The molecule has 0 bridgehead atoms. The number of rotatable bonds is 8. The van der Waals surface area contributed by atoms with Crippen molar-refractivity contribution in [2.75, 3.05) is 13.7 Å². The topological polar surface area (TPSA) is 58.6 Å². The highest BCUT2D eigenvalue weighted by Crippen LogP contribution is 2.25. The molecule has 21 heavy (non-hydrogen) atoms. The number of hydrogen-bond acceptors (Lipinski definition) is 3. The zero-order valence-corrected chi connectivity index (χ0v) is 14.5. The molecule has 0 radical (unpaired) electrons. The molecule has 1 amide bonds. The molecule has 0 aliphatic carbocycles. The predicted molar refractivity (Wildman–Crippen MR) is 87.6 cm³/mol. The number of hydrogen-bond donors (Lipinski definition) is 2. The normalized spacial score (nSPS) is 11.3. The number of methoxy groups -OCH3 is 1. The first kappa shape index (κ1) is 18.0. The molecule has 118 valence electrons. The highest BCUT2D eigenvalue weighted by molar-refractivity contribution is 9.10. The van der Waals surface area contributed by atoms with Gasteiger partial charge in [-0.15, -0.1) is 0 Å². The van der Waals surface area contributed by atoms with Gasteiger partial charge in [-0.25, -0.2) is 0 Å².